The molecule has 2 aromatic rings. The zero-order chi connectivity index (χ0) is 16.4. The highest BCUT2D eigenvalue weighted by Crippen LogP contribution is 2.37. The van der Waals surface area contributed by atoms with Crippen LogP contribution in [0, 0.1) is 0 Å². The van der Waals surface area contributed by atoms with Gasteiger partial charge in [-0.1, -0.05) is 74.1 Å². The Balaban J connectivity index is 1.99. The van der Waals surface area contributed by atoms with E-state index in [1.165, 1.54) is 34.0 Å². The number of rotatable bonds is 3. The second-order valence-corrected chi connectivity index (χ2v) is 8.10. The van der Waals surface area contributed by atoms with E-state index in [0.717, 1.165) is 12.8 Å². The smallest absolute Gasteiger partial charge is 0.196 e. The molecule has 0 aliphatic heterocycles. The summed E-state index contributed by atoms with van der Waals surface area (Å²) in [6.45, 7) is 4.12. The van der Waals surface area contributed by atoms with E-state index < -0.39 is 0 Å². The van der Waals surface area contributed by atoms with Crippen LogP contribution in [-0.2, 0) is 11.2 Å². The molecule has 1 aliphatic rings. The first-order valence-corrected chi connectivity index (χ1v) is 9.07. The van der Waals surface area contributed by atoms with Crippen LogP contribution in [0.1, 0.15) is 37.3 Å². The summed E-state index contributed by atoms with van der Waals surface area (Å²) < 4.78 is 0. The van der Waals surface area contributed by atoms with Crippen LogP contribution in [0.3, 0.4) is 0 Å². The van der Waals surface area contributed by atoms with E-state index in [1.54, 1.807) is 0 Å². The van der Waals surface area contributed by atoms with Gasteiger partial charge in [0, 0.05) is 11.3 Å². The summed E-state index contributed by atoms with van der Waals surface area (Å²) in [6, 6.07) is 16.9. The van der Waals surface area contributed by atoms with E-state index in [4.69, 9.17) is 5.73 Å². The quantitative estimate of drug-likeness (QED) is 0.910. The lowest BCUT2D eigenvalue weighted by atomic mass is 9.80. The standard InChI is InChI=1S/C20H23NOS/c1-13(2)23-20(22)19-12-17(21)10-16-9-8-15(11-18(16)19)14-6-4-3-5-7-14/h3-9,11,13,17,19H,10,12,21H2,1-2H3. The fraction of sp³-hybridized carbons (Fsp3) is 0.350. The number of carbonyl (C=O) groups excluding carboxylic acids is 1. The number of hydrogen-bond donors (Lipinski definition) is 1. The van der Waals surface area contributed by atoms with Crippen LogP contribution in [0.5, 0.6) is 0 Å². The molecule has 0 saturated heterocycles. The van der Waals surface area contributed by atoms with Crippen molar-refractivity contribution in [1.82, 2.24) is 0 Å². The van der Waals surface area contributed by atoms with Gasteiger partial charge in [-0.2, -0.15) is 0 Å². The number of carbonyl (C=O) groups is 1. The van der Waals surface area contributed by atoms with Crippen LogP contribution in [-0.4, -0.2) is 16.4 Å². The first kappa shape index (κ1) is 16.3. The molecule has 0 spiro atoms. The molecular formula is C20H23NOS. The van der Waals surface area contributed by atoms with E-state index in [2.05, 4.69) is 44.2 Å². The fourth-order valence-electron chi connectivity index (χ4n) is 3.25. The first-order chi connectivity index (χ1) is 11.0. The number of benzene rings is 2. The first-order valence-electron chi connectivity index (χ1n) is 8.19. The molecule has 2 atom stereocenters. The van der Waals surface area contributed by atoms with E-state index in [1.807, 2.05) is 18.2 Å². The molecule has 0 radical (unpaired) electrons. The number of fused-ring (bicyclic) bond motifs is 1. The van der Waals surface area contributed by atoms with E-state index in [-0.39, 0.29) is 17.1 Å². The summed E-state index contributed by atoms with van der Waals surface area (Å²) in [5.41, 5.74) is 11.0. The van der Waals surface area contributed by atoms with Crippen molar-refractivity contribution in [3.63, 3.8) is 0 Å². The molecule has 0 heterocycles. The summed E-state index contributed by atoms with van der Waals surface area (Å²) in [4.78, 5) is 12.7. The van der Waals surface area contributed by atoms with Gasteiger partial charge < -0.3 is 5.73 Å². The summed E-state index contributed by atoms with van der Waals surface area (Å²) in [5.74, 6) is -0.0789. The van der Waals surface area contributed by atoms with Gasteiger partial charge in [0.05, 0.1) is 5.92 Å². The molecule has 2 nitrogen and oxygen atoms in total. The summed E-state index contributed by atoms with van der Waals surface area (Å²) in [6.07, 6.45) is 1.62. The van der Waals surface area contributed by atoms with Crippen LogP contribution in [0.2, 0.25) is 0 Å². The van der Waals surface area contributed by atoms with Gasteiger partial charge in [-0.3, -0.25) is 4.79 Å². The highest BCUT2D eigenvalue weighted by molar-refractivity contribution is 8.14. The van der Waals surface area contributed by atoms with Gasteiger partial charge in [0.15, 0.2) is 5.12 Å². The molecule has 3 heteroatoms. The van der Waals surface area contributed by atoms with Gasteiger partial charge >= 0.3 is 0 Å². The molecule has 0 bridgehead atoms. The molecule has 2 unspecified atom stereocenters. The highest BCUT2D eigenvalue weighted by Gasteiger charge is 2.31. The Kier molecular flexibility index (Phi) is 4.88. The van der Waals surface area contributed by atoms with E-state index >= 15 is 0 Å². The zero-order valence-corrected chi connectivity index (χ0v) is 14.5. The Morgan fingerprint density at radius 3 is 2.57 bits per heavy atom. The monoisotopic (exact) mass is 325 g/mol. The van der Waals surface area contributed by atoms with Crippen molar-refractivity contribution in [2.45, 2.75) is 43.9 Å². The van der Waals surface area contributed by atoms with Crippen molar-refractivity contribution >= 4 is 16.9 Å². The summed E-state index contributed by atoms with van der Waals surface area (Å²) >= 11 is 1.43. The lowest BCUT2D eigenvalue weighted by molar-refractivity contribution is -0.112. The van der Waals surface area contributed by atoms with Crippen molar-refractivity contribution in [2.24, 2.45) is 5.73 Å². The van der Waals surface area contributed by atoms with Crippen molar-refractivity contribution in [1.29, 1.82) is 0 Å². The second-order valence-electron chi connectivity index (χ2n) is 6.52. The predicted octanol–water partition coefficient (Wildman–Crippen LogP) is 4.38. The van der Waals surface area contributed by atoms with Crippen molar-refractivity contribution < 1.29 is 4.79 Å². The van der Waals surface area contributed by atoms with Gasteiger partial charge in [-0.15, -0.1) is 0 Å². The SMILES string of the molecule is CC(C)SC(=O)C1CC(N)Cc2ccc(-c3ccccc3)cc21. The van der Waals surface area contributed by atoms with Crippen LogP contribution >= 0.6 is 11.8 Å². The molecule has 23 heavy (non-hydrogen) atoms. The Labute approximate surface area is 142 Å². The summed E-state index contributed by atoms with van der Waals surface area (Å²) in [5, 5.41) is 0.558. The Morgan fingerprint density at radius 1 is 1.13 bits per heavy atom. The van der Waals surface area contributed by atoms with Gasteiger partial charge in [-0.05, 0) is 35.1 Å². The molecule has 0 aromatic heterocycles. The third kappa shape index (κ3) is 3.67. The molecule has 120 valence electrons. The molecule has 0 fully saturated rings. The second kappa shape index (κ2) is 6.90. The Morgan fingerprint density at radius 2 is 1.87 bits per heavy atom. The average Bonchev–Trinajstić information content (AvgIpc) is 2.54. The minimum absolute atomic E-state index is 0.0757. The van der Waals surface area contributed by atoms with Gasteiger partial charge in [0.2, 0.25) is 0 Å². The molecule has 0 saturated carbocycles. The lowest BCUT2D eigenvalue weighted by Gasteiger charge is -2.29. The highest BCUT2D eigenvalue weighted by atomic mass is 32.2. The number of nitrogens with two attached hydrogens (primary N) is 1. The maximum Gasteiger partial charge on any atom is 0.196 e. The Bertz CT molecular complexity index is 696. The summed E-state index contributed by atoms with van der Waals surface area (Å²) in [7, 11) is 0. The average molecular weight is 325 g/mol. The van der Waals surface area contributed by atoms with Crippen LogP contribution < -0.4 is 5.73 Å². The largest absolute Gasteiger partial charge is 0.327 e. The van der Waals surface area contributed by atoms with Gasteiger partial charge in [0.25, 0.3) is 0 Å². The molecular weight excluding hydrogens is 302 g/mol. The van der Waals surface area contributed by atoms with E-state index in [0.29, 0.717) is 5.25 Å². The normalized spacial score (nSPS) is 20.3. The fourth-order valence-corrected chi connectivity index (χ4v) is 4.10. The molecule has 1 aliphatic carbocycles. The number of thioether (sulfide) groups is 1. The van der Waals surface area contributed by atoms with Gasteiger partial charge in [0.1, 0.15) is 0 Å². The number of hydrogen-bond acceptors (Lipinski definition) is 3. The molecule has 2 N–H and O–H groups in total. The van der Waals surface area contributed by atoms with Crippen molar-refractivity contribution in [3.8, 4) is 11.1 Å². The maximum absolute atomic E-state index is 12.7. The Hall–Kier alpha value is -1.58. The molecule has 3 rings (SSSR count). The van der Waals surface area contributed by atoms with Crippen molar-refractivity contribution in [2.75, 3.05) is 0 Å². The third-order valence-corrected chi connectivity index (χ3v) is 5.27. The maximum atomic E-state index is 12.7. The third-order valence-electron chi connectivity index (χ3n) is 4.29. The van der Waals surface area contributed by atoms with Crippen LogP contribution in [0.4, 0.5) is 0 Å². The van der Waals surface area contributed by atoms with Crippen LogP contribution in [0.15, 0.2) is 48.5 Å². The van der Waals surface area contributed by atoms with Crippen LogP contribution in [0.25, 0.3) is 11.1 Å². The van der Waals surface area contributed by atoms with Crippen molar-refractivity contribution in [3.05, 3.63) is 59.7 Å². The molecule has 0 amide bonds. The minimum Gasteiger partial charge on any atom is -0.327 e. The predicted molar refractivity (Wildman–Crippen MR) is 98.6 cm³/mol. The van der Waals surface area contributed by atoms with E-state index in [9.17, 15) is 4.79 Å². The lowest BCUT2D eigenvalue weighted by Crippen LogP contribution is -2.33. The van der Waals surface area contributed by atoms with Gasteiger partial charge in [-0.25, -0.2) is 0 Å². The minimum atomic E-state index is -0.0789. The topological polar surface area (TPSA) is 43.1 Å². The zero-order valence-electron chi connectivity index (χ0n) is 13.7. The molecule has 2 aromatic carbocycles.